The van der Waals surface area contributed by atoms with Crippen molar-refractivity contribution in [2.75, 3.05) is 0 Å². The van der Waals surface area contributed by atoms with Gasteiger partial charge in [-0.3, -0.25) is 0 Å². The predicted molar refractivity (Wildman–Crippen MR) is 43.5 cm³/mol. The van der Waals surface area contributed by atoms with Crippen LogP contribution in [0, 0.1) is 0 Å². The molecule has 0 aliphatic heterocycles. The Bertz CT molecular complexity index is 370. The topological polar surface area (TPSA) is 99.2 Å². The first-order chi connectivity index (χ1) is 6.24. The molecule has 0 bridgehead atoms. The van der Waals surface area contributed by atoms with E-state index in [1.165, 1.54) is 6.26 Å². The number of aliphatic carboxylic acids is 1. The lowest BCUT2D eigenvalue weighted by Crippen LogP contribution is -1.96. The van der Waals surface area contributed by atoms with Gasteiger partial charge in [-0.25, -0.2) is 4.79 Å². The number of hydrogen-bond acceptors (Lipinski definition) is 3. The molecular formula is C7H5N3O3. The fraction of sp³-hybridized carbons (Fsp3) is 0. The second-order valence-corrected chi connectivity index (χ2v) is 2.04. The molecule has 1 aromatic rings. The van der Waals surface area contributed by atoms with Crippen molar-refractivity contribution in [3.63, 3.8) is 0 Å². The van der Waals surface area contributed by atoms with Gasteiger partial charge in [-0.15, -0.1) is 0 Å². The summed E-state index contributed by atoms with van der Waals surface area (Å²) < 4.78 is 4.84. The van der Waals surface area contributed by atoms with Gasteiger partial charge in [0.2, 0.25) is 0 Å². The van der Waals surface area contributed by atoms with Gasteiger partial charge in [0.15, 0.2) is 0 Å². The van der Waals surface area contributed by atoms with E-state index in [0.717, 1.165) is 6.08 Å². The minimum absolute atomic E-state index is 0.324. The molecule has 1 N–H and O–H groups in total. The number of azide groups is 1. The Labute approximate surface area is 72.7 Å². The number of furan rings is 1. The first kappa shape index (κ1) is 8.89. The van der Waals surface area contributed by atoms with Gasteiger partial charge in [0.25, 0.3) is 0 Å². The molecule has 0 atom stereocenters. The molecule has 0 aliphatic carbocycles. The molecule has 0 saturated heterocycles. The molecule has 0 radical (unpaired) electrons. The Hall–Kier alpha value is -2.20. The highest BCUT2D eigenvalue weighted by molar-refractivity contribution is 5.91. The van der Waals surface area contributed by atoms with Crippen LogP contribution in [0.2, 0.25) is 0 Å². The summed E-state index contributed by atoms with van der Waals surface area (Å²) in [6, 6.07) is 3.15. The third kappa shape index (κ3) is 2.39. The molecule has 6 nitrogen and oxygen atoms in total. The van der Waals surface area contributed by atoms with Crippen LogP contribution in [0.25, 0.3) is 16.5 Å². The third-order valence-electron chi connectivity index (χ3n) is 1.19. The van der Waals surface area contributed by atoms with E-state index in [2.05, 4.69) is 10.0 Å². The fourth-order valence-corrected chi connectivity index (χ4v) is 0.690. The van der Waals surface area contributed by atoms with Crippen LogP contribution in [0.3, 0.4) is 0 Å². The molecule has 0 spiro atoms. The lowest BCUT2D eigenvalue weighted by molar-refractivity contribution is -0.132. The van der Waals surface area contributed by atoms with Crippen molar-refractivity contribution in [2.24, 2.45) is 5.11 Å². The number of rotatable bonds is 3. The van der Waals surface area contributed by atoms with Crippen LogP contribution in [-0.4, -0.2) is 11.1 Å². The lowest BCUT2D eigenvalue weighted by atomic mass is 10.3. The zero-order chi connectivity index (χ0) is 9.68. The van der Waals surface area contributed by atoms with Gasteiger partial charge in [-0.05, 0) is 23.7 Å². The monoisotopic (exact) mass is 179 g/mol. The lowest BCUT2D eigenvalue weighted by Gasteiger charge is -1.89. The molecule has 66 valence electrons. The normalized spacial score (nSPS) is 10.6. The first-order valence-corrected chi connectivity index (χ1v) is 3.27. The maximum atomic E-state index is 10.4. The van der Waals surface area contributed by atoms with Crippen molar-refractivity contribution in [1.29, 1.82) is 0 Å². The van der Waals surface area contributed by atoms with Crippen molar-refractivity contribution in [3.8, 4) is 0 Å². The molecular weight excluding hydrogens is 174 g/mol. The van der Waals surface area contributed by atoms with E-state index in [-0.39, 0.29) is 0 Å². The highest BCUT2D eigenvalue weighted by atomic mass is 16.4. The second-order valence-electron chi connectivity index (χ2n) is 2.04. The summed E-state index contributed by atoms with van der Waals surface area (Å²) in [4.78, 5) is 12.8. The molecule has 1 heterocycles. The van der Waals surface area contributed by atoms with Gasteiger partial charge in [-0.1, -0.05) is 5.11 Å². The largest absolute Gasteiger partial charge is 0.478 e. The van der Waals surface area contributed by atoms with Crippen molar-refractivity contribution >= 4 is 12.0 Å². The summed E-state index contributed by atoms with van der Waals surface area (Å²) in [5.41, 5.74) is 7.63. The third-order valence-corrected chi connectivity index (χ3v) is 1.19. The average molecular weight is 179 g/mol. The maximum Gasteiger partial charge on any atom is 0.338 e. The SMILES string of the molecule is [N-]=[N+]=NC(=Cc1ccco1)C(=O)O. The molecule has 0 aromatic carbocycles. The standard InChI is InChI=1S/C7H5N3O3/c8-10-9-6(7(11)12)4-5-2-1-3-13-5/h1-4H,(H,11,12). The van der Waals surface area contributed by atoms with Crippen LogP contribution >= 0.6 is 0 Å². The quantitative estimate of drug-likeness (QED) is 0.332. The van der Waals surface area contributed by atoms with Crippen molar-refractivity contribution < 1.29 is 14.3 Å². The van der Waals surface area contributed by atoms with Crippen molar-refractivity contribution in [3.05, 3.63) is 40.3 Å². The van der Waals surface area contributed by atoms with E-state index in [0.29, 0.717) is 5.76 Å². The van der Waals surface area contributed by atoms with E-state index < -0.39 is 11.7 Å². The first-order valence-electron chi connectivity index (χ1n) is 3.27. The van der Waals surface area contributed by atoms with Gasteiger partial charge in [-0.2, -0.15) is 0 Å². The second kappa shape index (κ2) is 3.99. The number of hydrogen-bond donors (Lipinski definition) is 1. The van der Waals surface area contributed by atoms with E-state index in [1.807, 2.05) is 0 Å². The van der Waals surface area contributed by atoms with Crippen LogP contribution in [0.4, 0.5) is 0 Å². The molecule has 6 heteroatoms. The summed E-state index contributed by atoms with van der Waals surface area (Å²) in [7, 11) is 0. The smallest absolute Gasteiger partial charge is 0.338 e. The Balaban J connectivity index is 3.00. The molecule has 1 aromatic heterocycles. The van der Waals surface area contributed by atoms with E-state index in [1.54, 1.807) is 12.1 Å². The van der Waals surface area contributed by atoms with E-state index in [9.17, 15) is 4.79 Å². The molecule has 1 rings (SSSR count). The van der Waals surface area contributed by atoms with Crippen LogP contribution in [-0.2, 0) is 4.79 Å². The van der Waals surface area contributed by atoms with Crippen LogP contribution in [0.15, 0.2) is 33.6 Å². The number of carboxylic acids is 1. The fourth-order valence-electron chi connectivity index (χ4n) is 0.690. The summed E-state index contributed by atoms with van der Waals surface area (Å²) in [6.07, 6.45) is 2.53. The van der Waals surface area contributed by atoms with E-state index >= 15 is 0 Å². The van der Waals surface area contributed by atoms with Crippen LogP contribution in [0.5, 0.6) is 0 Å². The summed E-state index contributed by atoms with van der Waals surface area (Å²) in [5, 5.41) is 11.5. The minimum atomic E-state index is -1.30. The summed E-state index contributed by atoms with van der Waals surface area (Å²) in [5.74, 6) is -0.973. The number of nitrogens with zero attached hydrogens (tertiary/aromatic N) is 3. The predicted octanol–water partition coefficient (Wildman–Crippen LogP) is 2.02. The zero-order valence-electron chi connectivity index (χ0n) is 6.41. The van der Waals surface area contributed by atoms with Gasteiger partial charge >= 0.3 is 5.97 Å². The zero-order valence-corrected chi connectivity index (χ0v) is 6.41. The highest BCUT2D eigenvalue weighted by Crippen LogP contribution is 2.08. The molecule has 0 amide bonds. The Morgan fingerprint density at radius 1 is 1.77 bits per heavy atom. The van der Waals surface area contributed by atoms with E-state index in [4.69, 9.17) is 15.1 Å². The molecule has 0 fully saturated rings. The Morgan fingerprint density at radius 2 is 2.54 bits per heavy atom. The van der Waals surface area contributed by atoms with Crippen molar-refractivity contribution in [1.82, 2.24) is 0 Å². The van der Waals surface area contributed by atoms with Gasteiger partial charge < -0.3 is 9.52 Å². The van der Waals surface area contributed by atoms with Gasteiger partial charge in [0.05, 0.1) is 6.26 Å². The van der Waals surface area contributed by atoms with Gasteiger partial charge in [0.1, 0.15) is 11.5 Å². The number of carbonyl (C=O) groups is 1. The average Bonchev–Trinajstić information content (AvgIpc) is 2.56. The Morgan fingerprint density at radius 3 is 3.00 bits per heavy atom. The van der Waals surface area contributed by atoms with Crippen molar-refractivity contribution in [2.45, 2.75) is 0 Å². The minimum Gasteiger partial charge on any atom is -0.478 e. The van der Waals surface area contributed by atoms with Crippen LogP contribution < -0.4 is 0 Å². The molecule has 0 aliphatic rings. The molecule has 13 heavy (non-hydrogen) atoms. The Kier molecular flexibility index (Phi) is 2.73. The molecule has 0 saturated carbocycles. The maximum absolute atomic E-state index is 10.4. The summed E-state index contributed by atoms with van der Waals surface area (Å²) >= 11 is 0. The van der Waals surface area contributed by atoms with Crippen LogP contribution in [0.1, 0.15) is 5.76 Å². The number of carboxylic acid groups (broad SMARTS) is 1. The highest BCUT2D eigenvalue weighted by Gasteiger charge is 2.04. The van der Waals surface area contributed by atoms with Gasteiger partial charge in [0, 0.05) is 4.91 Å². The summed E-state index contributed by atoms with van der Waals surface area (Å²) in [6.45, 7) is 0. The molecule has 0 unspecified atom stereocenters.